The number of carbonyl (C=O) groups is 2. The molecule has 1 aromatic rings. The minimum atomic E-state index is 0.186. The second kappa shape index (κ2) is 4.04. The average Bonchev–Trinajstić information content (AvgIpc) is 2.87. The van der Waals surface area contributed by atoms with E-state index in [2.05, 4.69) is 12.1 Å². The van der Waals surface area contributed by atoms with E-state index in [0.29, 0.717) is 11.6 Å². The van der Waals surface area contributed by atoms with E-state index < -0.39 is 0 Å². The summed E-state index contributed by atoms with van der Waals surface area (Å²) in [6.45, 7) is 3.38. The highest BCUT2D eigenvalue weighted by Crippen LogP contribution is 2.35. The van der Waals surface area contributed by atoms with E-state index >= 15 is 0 Å². The Morgan fingerprint density at radius 3 is 1.28 bits per heavy atom. The van der Waals surface area contributed by atoms with Crippen molar-refractivity contribution in [2.45, 2.75) is 39.5 Å². The molecule has 0 saturated heterocycles. The Morgan fingerprint density at radius 2 is 1.06 bits per heavy atom. The van der Waals surface area contributed by atoms with Crippen molar-refractivity contribution < 1.29 is 9.59 Å². The normalized spacial score (nSPS) is 18.8. The van der Waals surface area contributed by atoms with E-state index in [-0.39, 0.29) is 11.8 Å². The van der Waals surface area contributed by atoms with Gasteiger partial charge in [0.05, 0.1) is 0 Å². The Hall–Kier alpha value is -1.44. The second-order valence-corrected chi connectivity index (χ2v) is 5.82. The number of benzene rings is 1. The predicted molar refractivity (Wildman–Crippen MR) is 69.6 cm³/mol. The molecule has 0 N–H and O–H groups in total. The summed E-state index contributed by atoms with van der Waals surface area (Å²) >= 11 is 0. The van der Waals surface area contributed by atoms with Crippen LogP contribution in [0.25, 0.3) is 0 Å². The van der Waals surface area contributed by atoms with Crippen LogP contribution in [0.2, 0.25) is 0 Å². The van der Waals surface area contributed by atoms with Crippen molar-refractivity contribution in [2.75, 3.05) is 0 Å². The van der Waals surface area contributed by atoms with Crippen molar-refractivity contribution in [3.8, 4) is 0 Å². The molecule has 2 heteroatoms. The molecule has 2 nitrogen and oxygen atoms in total. The summed E-state index contributed by atoms with van der Waals surface area (Å²) in [7, 11) is 0. The van der Waals surface area contributed by atoms with Crippen LogP contribution in [-0.4, -0.2) is 11.6 Å². The molecule has 3 rings (SSSR count). The largest absolute Gasteiger partial charge is 0.300 e. The van der Waals surface area contributed by atoms with Crippen molar-refractivity contribution in [3.05, 3.63) is 34.4 Å². The Kier molecular flexibility index (Phi) is 2.61. The standard InChI is InChI=1S/C16H18O2/c1-9(17)11-3-13-7-15-5-12(10(2)18)6-16(15)8-14(13)4-11/h7-8,11-12H,3-6H2,1-2H3. The third-order valence-electron chi connectivity index (χ3n) is 4.54. The zero-order valence-corrected chi connectivity index (χ0v) is 11.0. The van der Waals surface area contributed by atoms with Crippen LogP contribution in [0, 0.1) is 11.8 Å². The Labute approximate surface area is 107 Å². The van der Waals surface area contributed by atoms with Crippen LogP contribution in [0.1, 0.15) is 36.1 Å². The molecule has 0 unspecified atom stereocenters. The van der Waals surface area contributed by atoms with Gasteiger partial charge in [-0.25, -0.2) is 0 Å². The molecule has 0 amide bonds. The third kappa shape index (κ3) is 1.80. The lowest BCUT2D eigenvalue weighted by atomic mass is 10.0. The van der Waals surface area contributed by atoms with Crippen molar-refractivity contribution in [1.29, 1.82) is 0 Å². The zero-order chi connectivity index (χ0) is 12.9. The quantitative estimate of drug-likeness (QED) is 0.797. The molecule has 0 aliphatic heterocycles. The minimum Gasteiger partial charge on any atom is -0.300 e. The SMILES string of the molecule is CC(=O)C1Cc2cc3c(cc2C1)CC(C(C)=O)C3. The van der Waals surface area contributed by atoms with Crippen LogP contribution >= 0.6 is 0 Å². The van der Waals surface area contributed by atoms with Crippen LogP contribution in [0.3, 0.4) is 0 Å². The molecule has 0 bridgehead atoms. The van der Waals surface area contributed by atoms with Gasteiger partial charge >= 0.3 is 0 Å². The summed E-state index contributed by atoms with van der Waals surface area (Å²) in [6.07, 6.45) is 3.57. The molecule has 0 atom stereocenters. The van der Waals surface area contributed by atoms with Crippen LogP contribution in [0.5, 0.6) is 0 Å². The molecule has 18 heavy (non-hydrogen) atoms. The molecular weight excluding hydrogens is 224 g/mol. The lowest BCUT2D eigenvalue weighted by Crippen LogP contribution is -2.10. The third-order valence-corrected chi connectivity index (χ3v) is 4.54. The van der Waals surface area contributed by atoms with Gasteiger partial charge in [-0.15, -0.1) is 0 Å². The molecule has 0 fully saturated rings. The summed E-state index contributed by atoms with van der Waals surface area (Å²) in [5.41, 5.74) is 5.33. The van der Waals surface area contributed by atoms with E-state index in [0.717, 1.165) is 25.7 Å². The van der Waals surface area contributed by atoms with E-state index in [9.17, 15) is 9.59 Å². The molecule has 0 heterocycles. The lowest BCUT2D eigenvalue weighted by Gasteiger charge is -2.03. The molecule has 0 saturated carbocycles. The van der Waals surface area contributed by atoms with Gasteiger partial charge in [-0.1, -0.05) is 12.1 Å². The predicted octanol–water partition coefficient (Wildman–Crippen LogP) is 2.29. The summed E-state index contributed by atoms with van der Waals surface area (Å²) in [5, 5.41) is 0. The van der Waals surface area contributed by atoms with Crippen molar-refractivity contribution in [2.24, 2.45) is 11.8 Å². The van der Waals surface area contributed by atoms with Gasteiger partial charge in [-0.05, 0) is 61.8 Å². The van der Waals surface area contributed by atoms with Gasteiger partial charge < -0.3 is 0 Å². The van der Waals surface area contributed by atoms with Gasteiger partial charge in [0.1, 0.15) is 11.6 Å². The van der Waals surface area contributed by atoms with E-state index in [1.54, 1.807) is 13.8 Å². The maximum Gasteiger partial charge on any atom is 0.133 e. The summed E-state index contributed by atoms with van der Waals surface area (Å²) in [5.74, 6) is 0.971. The number of carbonyl (C=O) groups excluding carboxylic acids is 2. The van der Waals surface area contributed by atoms with Crippen molar-refractivity contribution in [3.63, 3.8) is 0 Å². The van der Waals surface area contributed by atoms with Crippen LogP contribution in [0.4, 0.5) is 0 Å². The van der Waals surface area contributed by atoms with Crippen molar-refractivity contribution >= 4 is 11.6 Å². The second-order valence-electron chi connectivity index (χ2n) is 5.82. The van der Waals surface area contributed by atoms with Gasteiger partial charge in [-0.3, -0.25) is 9.59 Å². The fraction of sp³-hybridized carbons (Fsp3) is 0.500. The molecular formula is C16H18O2. The monoisotopic (exact) mass is 242 g/mol. The number of rotatable bonds is 2. The number of hydrogen-bond donors (Lipinski definition) is 0. The highest BCUT2D eigenvalue weighted by Gasteiger charge is 2.30. The first-order valence-corrected chi connectivity index (χ1v) is 6.69. The molecule has 0 radical (unpaired) electrons. The van der Waals surface area contributed by atoms with E-state index in [1.807, 2.05) is 0 Å². The van der Waals surface area contributed by atoms with Gasteiger partial charge in [0.25, 0.3) is 0 Å². The summed E-state index contributed by atoms with van der Waals surface area (Å²) in [6, 6.07) is 4.49. The fourth-order valence-electron chi connectivity index (χ4n) is 3.33. The van der Waals surface area contributed by atoms with Crippen molar-refractivity contribution in [1.82, 2.24) is 0 Å². The summed E-state index contributed by atoms with van der Waals surface area (Å²) in [4.78, 5) is 22.9. The van der Waals surface area contributed by atoms with E-state index in [4.69, 9.17) is 0 Å². The van der Waals surface area contributed by atoms with Gasteiger partial charge in [-0.2, -0.15) is 0 Å². The van der Waals surface area contributed by atoms with E-state index in [1.165, 1.54) is 22.3 Å². The Balaban J connectivity index is 1.89. The molecule has 2 aliphatic rings. The zero-order valence-electron chi connectivity index (χ0n) is 11.0. The van der Waals surface area contributed by atoms with Gasteiger partial charge in [0.15, 0.2) is 0 Å². The van der Waals surface area contributed by atoms with Gasteiger partial charge in [0, 0.05) is 11.8 Å². The first-order chi connectivity index (χ1) is 8.54. The maximum atomic E-state index is 11.5. The van der Waals surface area contributed by atoms with Gasteiger partial charge in [0.2, 0.25) is 0 Å². The Bertz CT molecular complexity index is 462. The lowest BCUT2D eigenvalue weighted by molar-refractivity contribution is -0.121. The number of fused-ring (bicyclic) bond motifs is 2. The maximum absolute atomic E-state index is 11.5. The summed E-state index contributed by atoms with van der Waals surface area (Å²) < 4.78 is 0. The minimum absolute atomic E-state index is 0.186. The number of Topliss-reactive ketones (excluding diaryl/α,β-unsaturated/α-hetero) is 2. The smallest absolute Gasteiger partial charge is 0.133 e. The molecule has 0 aromatic heterocycles. The highest BCUT2D eigenvalue weighted by atomic mass is 16.1. The average molecular weight is 242 g/mol. The van der Waals surface area contributed by atoms with Crippen LogP contribution in [0.15, 0.2) is 12.1 Å². The molecule has 94 valence electrons. The molecule has 1 aromatic carbocycles. The highest BCUT2D eigenvalue weighted by molar-refractivity contribution is 5.81. The first-order valence-electron chi connectivity index (χ1n) is 6.69. The number of ketones is 2. The Morgan fingerprint density at radius 1 is 0.778 bits per heavy atom. The first kappa shape index (κ1) is 11.6. The topological polar surface area (TPSA) is 34.1 Å². The molecule has 0 spiro atoms. The van der Waals surface area contributed by atoms with Crippen LogP contribution < -0.4 is 0 Å². The van der Waals surface area contributed by atoms with Crippen LogP contribution in [-0.2, 0) is 35.3 Å². The molecule has 2 aliphatic carbocycles. The fourth-order valence-corrected chi connectivity index (χ4v) is 3.33. The number of hydrogen-bond acceptors (Lipinski definition) is 2.